The highest BCUT2D eigenvalue weighted by Crippen LogP contribution is 2.08. The Morgan fingerprint density at radius 2 is 0.542 bits per heavy atom. The number of carbonyl (C=O) groups excluding carboxylic acids is 5. The molecule has 96 heavy (non-hydrogen) atoms. The number of rotatable bonds is 83. The summed E-state index contributed by atoms with van der Waals surface area (Å²) in [7, 11) is 2.31. The van der Waals surface area contributed by atoms with Crippen molar-refractivity contribution < 1.29 is 138 Å². The second kappa shape index (κ2) is 84.2. The van der Waals surface area contributed by atoms with Crippen molar-refractivity contribution >= 4 is 44.9 Å². The Morgan fingerprint density at radius 1 is 0.323 bits per heavy atom. The van der Waals surface area contributed by atoms with Crippen LogP contribution < -0.4 is 21.8 Å². The van der Waals surface area contributed by atoms with E-state index >= 15 is 0 Å². The molecule has 0 bridgehead atoms. The van der Waals surface area contributed by atoms with Gasteiger partial charge in [-0.3, -0.25) is 19.3 Å². The zero-order valence-electron chi connectivity index (χ0n) is 56.8. The van der Waals surface area contributed by atoms with Crippen molar-refractivity contribution in [3.05, 3.63) is 12.2 Å². The molecule has 0 saturated carbocycles. The SMILES string of the molecule is NCCOCCOCCOCCOCCOCCOCCOCCOCCOCCOCCOCCON[B]C=O.O=C[B]NOCCOCCOCCOCCOCCOCCOCCOCCOCCOCCOCCOCCNC(=O)CCCCCN1C(=O)C=CC1=O. The molecule has 1 aliphatic heterocycles. The summed E-state index contributed by atoms with van der Waals surface area (Å²) in [6.07, 6.45) is 6.27. The quantitative estimate of drug-likeness (QED) is 0.0162. The Morgan fingerprint density at radius 3 is 0.771 bits per heavy atom. The van der Waals surface area contributed by atoms with E-state index < -0.39 is 0 Å². The van der Waals surface area contributed by atoms with Gasteiger partial charge in [-0.1, -0.05) is 6.42 Å². The average molecular weight is 1390 g/mol. The molecule has 0 aromatic heterocycles. The number of hydrogen-bond acceptors (Lipinski definition) is 32. The van der Waals surface area contributed by atoms with E-state index in [0.29, 0.717) is 355 Å². The van der Waals surface area contributed by atoms with Crippen LogP contribution in [0.3, 0.4) is 0 Å². The average Bonchev–Trinajstić information content (AvgIpc) is 1.89. The summed E-state index contributed by atoms with van der Waals surface area (Å²) < 4.78 is 119. The Labute approximate surface area is 569 Å². The number of imide groups is 1. The number of unbranched alkanes of at least 4 members (excludes halogenated alkanes) is 2. The van der Waals surface area contributed by atoms with Crippen LogP contribution in [0.5, 0.6) is 0 Å². The molecule has 0 unspecified atom stereocenters. The van der Waals surface area contributed by atoms with Gasteiger partial charge in [0, 0.05) is 38.2 Å². The third-order valence-electron chi connectivity index (χ3n) is 11.6. The number of nitrogens with zero attached hydrogens (tertiary/aromatic N) is 1. The summed E-state index contributed by atoms with van der Waals surface area (Å²) >= 11 is 0. The van der Waals surface area contributed by atoms with Gasteiger partial charge in [0.15, 0.2) is 0 Å². The Hall–Kier alpha value is -3.26. The van der Waals surface area contributed by atoms with Gasteiger partial charge >= 0.3 is 14.8 Å². The van der Waals surface area contributed by atoms with Gasteiger partial charge in [0.25, 0.3) is 11.8 Å². The minimum atomic E-state index is -0.274. The molecule has 0 saturated heterocycles. The van der Waals surface area contributed by atoms with E-state index in [2.05, 4.69) is 16.1 Å². The predicted molar refractivity (Wildman–Crippen MR) is 348 cm³/mol. The molecule has 1 heterocycles. The first-order valence-electron chi connectivity index (χ1n) is 33.1. The van der Waals surface area contributed by atoms with Gasteiger partial charge in [-0.25, -0.2) is 10.8 Å². The van der Waals surface area contributed by atoms with Crippen LogP contribution in [0, 0.1) is 0 Å². The summed E-state index contributed by atoms with van der Waals surface area (Å²) in [5, 5.41) is 7.52. The first kappa shape index (κ1) is 92.7. The van der Waals surface area contributed by atoms with Crippen LogP contribution in [0.2, 0.25) is 0 Å². The Kier molecular flexibility index (Phi) is 81.3. The molecule has 0 aromatic rings. The van der Waals surface area contributed by atoms with Crippen LogP contribution in [0.4, 0.5) is 0 Å². The Bertz CT molecular complexity index is 1640. The molecule has 34 nitrogen and oxygen atoms in total. The first-order valence-corrected chi connectivity index (χ1v) is 33.1. The number of amides is 3. The molecule has 0 fully saturated rings. The minimum absolute atomic E-state index is 0.0463. The van der Waals surface area contributed by atoms with Crippen molar-refractivity contribution in [1.29, 1.82) is 0 Å². The summed E-state index contributed by atoms with van der Waals surface area (Å²) in [6, 6.07) is 0. The highest BCUT2D eigenvalue weighted by atomic mass is 16.7. The van der Waals surface area contributed by atoms with Crippen molar-refractivity contribution in [3.8, 4) is 0 Å². The normalized spacial score (nSPS) is 12.1. The zero-order valence-corrected chi connectivity index (χ0v) is 56.8. The number of hydrogen-bond donors (Lipinski definition) is 4. The highest BCUT2D eigenvalue weighted by Gasteiger charge is 2.22. The van der Waals surface area contributed by atoms with Crippen LogP contribution in [0.1, 0.15) is 25.7 Å². The molecule has 0 spiro atoms. The molecule has 0 aromatic carbocycles. The highest BCUT2D eigenvalue weighted by molar-refractivity contribution is 6.64. The van der Waals surface area contributed by atoms with E-state index in [1.807, 2.05) is 0 Å². The van der Waals surface area contributed by atoms with Gasteiger partial charge in [0.1, 0.15) is 0 Å². The van der Waals surface area contributed by atoms with Crippen molar-refractivity contribution in [3.63, 3.8) is 0 Å². The van der Waals surface area contributed by atoms with Crippen LogP contribution in [0.25, 0.3) is 0 Å². The Balaban J connectivity index is 0.00000197. The molecule has 36 heteroatoms. The van der Waals surface area contributed by atoms with Gasteiger partial charge in [-0.2, -0.15) is 0 Å². The second-order valence-corrected chi connectivity index (χ2v) is 19.1. The monoisotopic (exact) mass is 1390 g/mol. The molecular formula is C60H115B2N5O29. The lowest BCUT2D eigenvalue weighted by Crippen LogP contribution is -2.31. The smallest absolute Gasteiger partial charge is 0.322 e. The largest absolute Gasteiger partial charge is 0.378 e. The van der Waals surface area contributed by atoms with Gasteiger partial charge in [0.05, 0.1) is 316 Å². The molecular weight excluding hydrogens is 1280 g/mol. The molecule has 0 aliphatic carbocycles. The van der Waals surface area contributed by atoms with Crippen molar-refractivity contribution in [2.75, 3.05) is 324 Å². The lowest BCUT2D eigenvalue weighted by Gasteiger charge is -2.13. The predicted octanol–water partition coefficient (Wildman–Crippen LogP) is -2.44. The molecule has 1 rings (SSSR count). The molecule has 2 radical (unpaired) electrons. The maximum atomic E-state index is 11.9. The number of carbonyl (C=O) groups is 5. The summed E-state index contributed by atoms with van der Waals surface area (Å²) in [5.41, 5.74) is 5.32. The fraction of sp³-hybridized carbons (Fsp3) is 0.883. The summed E-state index contributed by atoms with van der Waals surface area (Å²) in [6.45, 7) is 23.2. The maximum absolute atomic E-state index is 11.9. The zero-order chi connectivity index (χ0) is 69.1. The van der Waals surface area contributed by atoms with Crippen LogP contribution in [-0.4, -0.2) is 373 Å². The topological polar surface area (TPSA) is 372 Å². The lowest BCUT2D eigenvalue weighted by atomic mass is 10.0. The van der Waals surface area contributed by atoms with E-state index in [-0.39, 0.29) is 17.7 Å². The fourth-order valence-electron chi connectivity index (χ4n) is 6.89. The van der Waals surface area contributed by atoms with E-state index in [9.17, 15) is 24.0 Å². The van der Waals surface area contributed by atoms with Crippen molar-refractivity contribution in [1.82, 2.24) is 21.0 Å². The fourth-order valence-corrected chi connectivity index (χ4v) is 6.89. The van der Waals surface area contributed by atoms with Crippen LogP contribution in [0.15, 0.2) is 12.2 Å². The standard InChI is InChI=1S/C35H63BN3O16.C25H52BN2O13/c40-32-36-38-55-31-30-54-29-28-53-27-26-52-25-24-51-23-22-50-21-20-49-19-18-48-17-16-47-15-14-46-13-12-45-11-10-44-9-7-37-33(41)4-2-1-3-8-39-34(42)5-6-35(39)43;27-1-2-30-3-4-31-5-6-32-7-8-33-9-10-34-11-12-35-13-14-36-15-16-37-17-18-38-19-20-39-21-22-40-23-24-41-28-26-25-29/h5-6,32,38H,1-4,7-31H2,(H,37,41);25,28H,1-24,27H2. The van der Waals surface area contributed by atoms with Gasteiger partial charge < -0.3 is 135 Å². The molecule has 0 atom stereocenters. The van der Waals surface area contributed by atoms with Gasteiger partial charge in [0.2, 0.25) is 5.91 Å². The summed E-state index contributed by atoms with van der Waals surface area (Å²) in [4.78, 5) is 65.9. The number of nitrogens with two attached hydrogens (primary N) is 1. The van der Waals surface area contributed by atoms with Gasteiger partial charge in [-0.15, -0.1) is 0 Å². The van der Waals surface area contributed by atoms with Crippen molar-refractivity contribution in [2.45, 2.75) is 25.7 Å². The third kappa shape index (κ3) is 78.1. The van der Waals surface area contributed by atoms with E-state index in [0.717, 1.165) is 21.2 Å². The lowest BCUT2D eigenvalue weighted by molar-refractivity contribution is -0.137. The minimum Gasteiger partial charge on any atom is -0.378 e. The van der Waals surface area contributed by atoms with E-state index in [4.69, 9.17) is 120 Å². The number of nitrogens with one attached hydrogen (secondary N) is 3. The van der Waals surface area contributed by atoms with E-state index in [1.165, 1.54) is 17.1 Å². The van der Waals surface area contributed by atoms with Crippen molar-refractivity contribution in [2.24, 2.45) is 5.73 Å². The third-order valence-corrected chi connectivity index (χ3v) is 11.6. The second-order valence-electron chi connectivity index (χ2n) is 19.1. The molecule has 5 N–H and O–H groups in total. The van der Waals surface area contributed by atoms with Crippen LogP contribution >= 0.6 is 0 Å². The molecule has 560 valence electrons. The summed E-state index contributed by atoms with van der Waals surface area (Å²) in [5.74, 6) is -0.594. The van der Waals surface area contributed by atoms with Crippen LogP contribution in [-0.2, 0) is 138 Å². The number of ether oxygens (including phenoxy) is 22. The van der Waals surface area contributed by atoms with E-state index in [1.54, 1.807) is 0 Å². The molecule has 1 aliphatic rings. The van der Waals surface area contributed by atoms with Gasteiger partial charge in [-0.05, 0) is 12.8 Å². The molecule has 3 amide bonds. The first-order chi connectivity index (χ1) is 47.6. The maximum Gasteiger partial charge on any atom is 0.322 e.